The first kappa shape index (κ1) is 18.4. The molecule has 1 aromatic heterocycles. The van der Waals surface area contributed by atoms with Crippen molar-refractivity contribution in [2.75, 3.05) is 7.11 Å². The lowest BCUT2D eigenvalue weighted by Gasteiger charge is -2.13. The minimum atomic E-state index is -0.404. The molecule has 0 spiro atoms. The summed E-state index contributed by atoms with van der Waals surface area (Å²) in [6.45, 7) is 3.91. The Kier molecular flexibility index (Phi) is 5.71. The van der Waals surface area contributed by atoms with Gasteiger partial charge in [0.25, 0.3) is 5.91 Å². The molecule has 0 aliphatic rings. The summed E-state index contributed by atoms with van der Waals surface area (Å²) in [5.41, 5.74) is 1.49. The third kappa shape index (κ3) is 4.63. The Hall–Kier alpha value is -3.35. The van der Waals surface area contributed by atoms with Gasteiger partial charge < -0.3 is 19.3 Å². The number of benzene rings is 2. The normalized spacial score (nSPS) is 11.7. The van der Waals surface area contributed by atoms with Gasteiger partial charge in [-0.2, -0.15) is 4.98 Å². The van der Waals surface area contributed by atoms with Crippen molar-refractivity contribution >= 4 is 5.91 Å². The summed E-state index contributed by atoms with van der Waals surface area (Å²) >= 11 is 0. The van der Waals surface area contributed by atoms with Crippen molar-refractivity contribution < 1.29 is 18.8 Å². The fourth-order valence-electron chi connectivity index (χ4n) is 2.49. The number of carbonyl (C=O) groups is 1. The number of aryl methyl sites for hydroxylation is 1. The Balaban J connectivity index is 1.68. The van der Waals surface area contributed by atoms with Crippen molar-refractivity contribution in [1.29, 1.82) is 0 Å². The van der Waals surface area contributed by atoms with E-state index in [-0.39, 0.29) is 5.91 Å². The highest BCUT2D eigenvalue weighted by Gasteiger charge is 2.18. The second-order valence-corrected chi connectivity index (χ2v) is 6.01. The van der Waals surface area contributed by atoms with Gasteiger partial charge in [-0.15, -0.1) is 0 Å². The number of ether oxygens (including phenoxy) is 2. The molecule has 1 unspecified atom stereocenters. The fraction of sp³-hybridized carbons (Fsp3) is 0.250. The van der Waals surface area contributed by atoms with Gasteiger partial charge >= 0.3 is 0 Å². The average Bonchev–Trinajstić information content (AvgIpc) is 3.13. The van der Waals surface area contributed by atoms with Crippen molar-refractivity contribution in [1.82, 2.24) is 15.5 Å². The topological polar surface area (TPSA) is 86.5 Å². The number of carbonyl (C=O) groups excluding carboxylic acids is 1. The fourth-order valence-corrected chi connectivity index (χ4v) is 2.49. The zero-order valence-corrected chi connectivity index (χ0v) is 15.4. The van der Waals surface area contributed by atoms with Gasteiger partial charge in [0.15, 0.2) is 17.3 Å². The predicted molar refractivity (Wildman–Crippen MR) is 98.7 cm³/mol. The van der Waals surface area contributed by atoms with Crippen LogP contribution >= 0.6 is 0 Å². The minimum Gasteiger partial charge on any atom is -0.493 e. The third-order valence-electron chi connectivity index (χ3n) is 3.92. The largest absolute Gasteiger partial charge is 0.493 e. The van der Waals surface area contributed by atoms with Gasteiger partial charge in [0, 0.05) is 5.56 Å². The first-order valence-corrected chi connectivity index (χ1v) is 8.52. The van der Waals surface area contributed by atoms with E-state index >= 15 is 0 Å². The van der Waals surface area contributed by atoms with Crippen LogP contribution in [-0.2, 0) is 6.61 Å². The molecule has 0 radical (unpaired) electrons. The number of amides is 1. The number of nitrogens with one attached hydrogen (secondary N) is 1. The van der Waals surface area contributed by atoms with E-state index in [2.05, 4.69) is 15.5 Å². The lowest BCUT2D eigenvalue weighted by molar-refractivity contribution is 0.0932. The standard InChI is InChI=1S/C20H21N3O4/c1-13(20-22-14(2)23-27-20)21-19(24)16-9-10-17(18(11-16)25-3)26-12-15-7-5-4-6-8-15/h4-11,13H,12H2,1-3H3,(H,21,24). The molecule has 0 aliphatic heterocycles. The third-order valence-corrected chi connectivity index (χ3v) is 3.92. The first-order valence-electron chi connectivity index (χ1n) is 8.52. The van der Waals surface area contributed by atoms with Crippen LogP contribution in [0.25, 0.3) is 0 Å². The Bertz CT molecular complexity index is 909. The molecule has 27 heavy (non-hydrogen) atoms. The summed E-state index contributed by atoms with van der Waals surface area (Å²) in [6.07, 6.45) is 0. The first-order chi connectivity index (χ1) is 13.1. The number of nitrogens with zero attached hydrogens (tertiary/aromatic N) is 2. The Morgan fingerprint density at radius 2 is 1.96 bits per heavy atom. The van der Waals surface area contributed by atoms with E-state index in [9.17, 15) is 4.79 Å². The van der Waals surface area contributed by atoms with Gasteiger partial charge in [0.05, 0.1) is 7.11 Å². The van der Waals surface area contributed by atoms with E-state index in [4.69, 9.17) is 14.0 Å². The zero-order chi connectivity index (χ0) is 19.2. The van der Waals surface area contributed by atoms with Gasteiger partial charge in [-0.25, -0.2) is 0 Å². The van der Waals surface area contributed by atoms with Crippen molar-refractivity contribution in [2.24, 2.45) is 0 Å². The molecule has 3 aromatic rings. The second kappa shape index (κ2) is 8.35. The second-order valence-electron chi connectivity index (χ2n) is 6.01. The molecule has 0 fully saturated rings. The zero-order valence-electron chi connectivity index (χ0n) is 15.4. The Labute approximate surface area is 157 Å². The summed E-state index contributed by atoms with van der Waals surface area (Å²) in [7, 11) is 1.54. The molecule has 7 nitrogen and oxygen atoms in total. The molecule has 140 valence electrons. The summed E-state index contributed by atoms with van der Waals surface area (Å²) < 4.78 is 16.3. The van der Waals surface area contributed by atoms with Crippen molar-refractivity contribution in [3.63, 3.8) is 0 Å². The molecule has 2 aromatic carbocycles. The van der Waals surface area contributed by atoms with E-state index in [1.165, 1.54) is 7.11 Å². The summed E-state index contributed by atoms with van der Waals surface area (Å²) in [5, 5.41) is 6.55. The Morgan fingerprint density at radius 3 is 2.63 bits per heavy atom. The SMILES string of the molecule is COc1cc(C(=O)NC(C)c2nc(C)no2)ccc1OCc1ccccc1. The molecular formula is C20H21N3O4. The van der Waals surface area contributed by atoms with Crippen LogP contribution in [0.2, 0.25) is 0 Å². The molecule has 0 bridgehead atoms. The molecule has 1 amide bonds. The highest BCUT2D eigenvalue weighted by molar-refractivity contribution is 5.95. The molecule has 7 heteroatoms. The molecule has 0 saturated heterocycles. The van der Waals surface area contributed by atoms with E-state index in [1.54, 1.807) is 32.0 Å². The number of aromatic nitrogens is 2. The van der Waals surface area contributed by atoms with Crippen molar-refractivity contribution in [2.45, 2.75) is 26.5 Å². The van der Waals surface area contributed by atoms with E-state index in [0.717, 1.165) is 5.56 Å². The van der Waals surface area contributed by atoms with E-state index in [1.807, 2.05) is 30.3 Å². The number of hydrogen-bond donors (Lipinski definition) is 1. The van der Waals surface area contributed by atoms with E-state index < -0.39 is 6.04 Å². The van der Waals surface area contributed by atoms with Crippen LogP contribution in [0.4, 0.5) is 0 Å². The summed E-state index contributed by atoms with van der Waals surface area (Å²) in [6, 6.07) is 14.5. The predicted octanol–water partition coefficient (Wildman–Crippen LogP) is 3.46. The van der Waals surface area contributed by atoms with Crippen LogP contribution in [0.3, 0.4) is 0 Å². The smallest absolute Gasteiger partial charge is 0.252 e. The molecular weight excluding hydrogens is 346 g/mol. The minimum absolute atomic E-state index is 0.272. The van der Waals surface area contributed by atoms with E-state index in [0.29, 0.717) is 35.4 Å². The van der Waals surface area contributed by atoms with Gasteiger partial charge in [-0.05, 0) is 37.6 Å². The van der Waals surface area contributed by atoms with Crippen molar-refractivity contribution in [3.05, 3.63) is 71.4 Å². The van der Waals surface area contributed by atoms with Crippen molar-refractivity contribution in [3.8, 4) is 11.5 Å². The Morgan fingerprint density at radius 1 is 1.19 bits per heavy atom. The number of methoxy groups -OCH3 is 1. The van der Waals surface area contributed by atoms with Gasteiger partial charge in [0.2, 0.25) is 5.89 Å². The highest BCUT2D eigenvalue weighted by Crippen LogP contribution is 2.29. The molecule has 1 heterocycles. The lowest BCUT2D eigenvalue weighted by Crippen LogP contribution is -2.26. The number of rotatable bonds is 7. The van der Waals surface area contributed by atoms with Crippen LogP contribution in [0.15, 0.2) is 53.1 Å². The molecule has 1 atom stereocenters. The number of hydrogen-bond acceptors (Lipinski definition) is 6. The quantitative estimate of drug-likeness (QED) is 0.688. The molecule has 0 aliphatic carbocycles. The summed E-state index contributed by atoms with van der Waals surface area (Å²) in [5.74, 6) is 1.66. The monoisotopic (exact) mass is 367 g/mol. The van der Waals surface area contributed by atoms with Crippen LogP contribution in [0, 0.1) is 6.92 Å². The lowest BCUT2D eigenvalue weighted by atomic mass is 10.1. The van der Waals surface area contributed by atoms with Gasteiger partial charge in [0.1, 0.15) is 12.6 Å². The van der Waals surface area contributed by atoms with Crippen LogP contribution in [0.5, 0.6) is 11.5 Å². The molecule has 3 rings (SSSR count). The van der Waals surface area contributed by atoms with Gasteiger partial charge in [-0.3, -0.25) is 4.79 Å². The molecule has 0 saturated carbocycles. The maximum Gasteiger partial charge on any atom is 0.252 e. The van der Waals surface area contributed by atoms with Crippen LogP contribution < -0.4 is 14.8 Å². The van der Waals surface area contributed by atoms with Crippen LogP contribution in [-0.4, -0.2) is 23.2 Å². The average molecular weight is 367 g/mol. The highest BCUT2D eigenvalue weighted by atomic mass is 16.5. The summed E-state index contributed by atoms with van der Waals surface area (Å²) in [4.78, 5) is 16.6. The maximum atomic E-state index is 12.5. The molecule has 1 N–H and O–H groups in total. The van der Waals surface area contributed by atoms with Crippen LogP contribution in [0.1, 0.15) is 40.6 Å². The van der Waals surface area contributed by atoms with Gasteiger partial charge in [-0.1, -0.05) is 35.5 Å². The maximum absolute atomic E-state index is 12.5.